The molecular formula is C17H14BrNO. The molecule has 0 radical (unpaired) electrons. The highest BCUT2D eigenvalue weighted by Gasteiger charge is 2.08. The summed E-state index contributed by atoms with van der Waals surface area (Å²) in [7, 11) is 1.68. The van der Waals surface area contributed by atoms with E-state index >= 15 is 0 Å². The first-order valence-corrected chi connectivity index (χ1v) is 7.53. The standard InChI is InChI=1S/C17H14BrNO/c1-20-15-7-8-16-13(10-15)9-14(11-18)17(19-16)12-5-3-2-4-6-12/h2-10H,11H2,1H3. The lowest BCUT2D eigenvalue weighted by molar-refractivity contribution is 0.415. The molecule has 100 valence electrons. The van der Waals surface area contributed by atoms with E-state index in [9.17, 15) is 0 Å². The van der Waals surface area contributed by atoms with E-state index in [1.54, 1.807) is 7.11 Å². The lowest BCUT2D eigenvalue weighted by Gasteiger charge is -2.10. The summed E-state index contributed by atoms with van der Waals surface area (Å²) in [5.41, 5.74) is 4.33. The smallest absolute Gasteiger partial charge is 0.119 e. The zero-order valence-corrected chi connectivity index (χ0v) is 12.7. The van der Waals surface area contributed by atoms with E-state index in [4.69, 9.17) is 9.72 Å². The van der Waals surface area contributed by atoms with Gasteiger partial charge in [0.25, 0.3) is 0 Å². The number of methoxy groups -OCH3 is 1. The molecule has 1 aromatic heterocycles. The lowest BCUT2D eigenvalue weighted by Crippen LogP contribution is -1.93. The van der Waals surface area contributed by atoms with E-state index in [0.29, 0.717) is 0 Å². The number of rotatable bonds is 3. The van der Waals surface area contributed by atoms with Gasteiger partial charge < -0.3 is 4.74 Å². The van der Waals surface area contributed by atoms with Crippen LogP contribution in [0, 0.1) is 0 Å². The van der Waals surface area contributed by atoms with Crippen molar-refractivity contribution in [2.45, 2.75) is 5.33 Å². The Labute approximate surface area is 126 Å². The summed E-state index contributed by atoms with van der Waals surface area (Å²) >= 11 is 3.56. The van der Waals surface area contributed by atoms with E-state index in [1.807, 2.05) is 36.4 Å². The molecule has 0 fully saturated rings. The summed E-state index contributed by atoms with van der Waals surface area (Å²) in [6.45, 7) is 0. The molecule has 0 saturated carbocycles. The van der Waals surface area contributed by atoms with Crippen molar-refractivity contribution >= 4 is 26.8 Å². The zero-order chi connectivity index (χ0) is 13.9. The molecule has 3 rings (SSSR count). The molecule has 0 aliphatic heterocycles. The van der Waals surface area contributed by atoms with E-state index in [0.717, 1.165) is 33.2 Å². The largest absolute Gasteiger partial charge is 0.497 e. The predicted molar refractivity (Wildman–Crippen MR) is 86.4 cm³/mol. The number of hydrogen-bond acceptors (Lipinski definition) is 2. The molecular weight excluding hydrogens is 314 g/mol. The normalized spacial score (nSPS) is 10.7. The van der Waals surface area contributed by atoms with Gasteiger partial charge in [-0.2, -0.15) is 0 Å². The van der Waals surface area contributed by atoms with Gasteiger partial charge in [0.1, 0.15) is 5.75 Å². The molecule has 0 aliphatic rings. The summed E-state index contributed by atoms with van der Waals surface area (Å²) in [6, 6.07) is 18.4. The van der Waals surface area contributed by atoms with Gasteiger partial charge in [-0.15, -0.1) is 0 Å². The molecule has 3 aromatic rings. The molecule has 2 nitrogen and oxygen atoms in total. The van der Waals surface area contributed by atoms with Gasteiger partial charge in [-0.25, -0.2) is 4.98 Å². The molecule has 0 aliphatic carbocycles. The van der Waals surface area contributed by atoms with Crippen molar-refractivity contribution in [1.82, 2.24) is 4.98 Å². The maximum absolute atomic E-state index is 5.27. The summed E-state index contributed by atoms with van der Waals surface area (Å²) < 4.78 is 5.27. The van der Waals surface area contributed by atoms with Gasteiger partial charge in [0.2, 0.25) is 0 Å². The van der Waals surface area contributed by atoms with Crippen molar-refractivity contribution in [2.24, 2.45) is 0 Å². The third kappa shape index (κ3) is 2.41. The highest BCUT2D eigenvalue weighted by molar-refractivity contribution is 9.08. The van der Waals surface area contributed by atoms with E-state index in [2.05, 4.69) is 34.1 Å². The summed E-state index contributed by atoms with van der Waals surface area (Å²) in [6.07, 6.45) is 0. The number of nitrogens with zero attached hydrogens (tertiary/aromatic N) is 1. The van der Waals surface area contributed by atoms with Gasteiger partial charge in [0, 0.05) is 16.3 Å². The minimum Gasteiger partial charge on any atom is -0.497 e. The van der Waals surface area contributed by atoms with Crippen LogP contribution in [0.15, 0.2) is 54.6 Å². The van der Waals surface area contributed by atoms with E-state index in [-0.39, 0.29) is 0 Å². The zero-order valence-electron chi connectivity index (χ0n) is 11.1. The van der Waals surface area contributed by atoms with Crippen molar-refractivity contribution < 1.29 is 4.74 Å². The average molecular weight is 328 g/mol. The Hall–Kier alpha value is -1.87. The molecule has 0 atom stereocenters. The van der Waals surface area contributed by atoms with Crippen LogP contribution in [0.5, 0.6) is 5.75 Å². The maximum Gasteiger partial charge on any atom is 0.119 e. The van der Waals surface area contributed by atoms with Crippen molar-refractivity contribution in [3.05, 3.63) is 60.2 Å². The number of halogens is 1. The van der Waals surface area contributed by atoms with Crippen LogP contribution >= 0.6 is 15.9 Å². The second-order valence-corrected chi connectivity index (χ2v) is 5.12. The SMILES string of the molecule is COc1ccc2nc(-c3ccccc3)c(CBr)cc2c1. The third-order valence-electron chi connectivity index (χ3n) is 3.29. The molecule has 2 aromatic carbocycles. The first-order chi connectivity index (χ1) is 9.81. The van der Waals surface area contributed by atoms with Crippen molar-refractivity contribution in [1.29, 1.82) is 0 Å². The number of pyridine rings is 1. The van der Waals surface area contributed by atoms with Crippen LogP contribution in [0.4, 0.5) is 0 Å². The molecule has 0 spiro atoms. The predicted octanol–water partition coefficient (Wildman–Crippen LogP) is 4.81. The van der Waals surface area contributed by atoms with Crippen molar-refractivity contribution in [2.75, 3.05) is 7.11 Å². The number of aromatic nitrogens is 1. The lowest BCUT2D eigenvalue weighted by atomic mass is 10.0. The highest BCUT2D eigenvalue weighted by atomic mass is 79.9. The van der Waals surface area contributed by atoms with Gasteiger partial charge in [0.05, 0.1) is 18.3 Å². The van der Waals surface area contributed by atoms with Gasteiger partial charge >= 0.3 is 0 Å². The number of ether oxygens (including phenoxy) is 1. The van der Waals surface area contributed by atoms with Crippen molar-refractivity contribution in [3.8, 4) is 17.0 Å². The van der Waals surface area contributed by atoms with E-state index < -0.39 is 0 Å². The monoisotopic (exact) mass is 327 g/mol. The number of alkyl halides is 1. The molecule has 0 bridgehead atoms. The maximum atomic E-state index is 5.27. The van der Waals surface area contributed by atoms with Gasteiger partial charge in [-0.1, -0.05) is 46.3 Å². The molecule has 0 saturated heterocycles. The van der Waals surface area contributed by atoms with E-state index in [1.165, 1.54) is 5.56 Å². The highest BCUT2D eigenvalue weighted by Crippen LogP contribution is 2.28. The van der Waals surface area contributed by atoms with Crippen molar-refractivity contribution in [3.63, 3.8) is 0 Å². The Morgan fingerprint density at radius 1 is 1.05 bits per heavy atom. The molecule has 0 N–H and O–H groups in total. The van der Waals surface area contributed by atoms with Gasteiger partial charge in [-0.05, 0) is 29.8 Å². The van der Waals surface area contributed by atoms with Crippen LogP contribution in [-0.2, 0) is 5.33 Å². The molecule has 0 amide bonds. The molecule has 0 unspecified atom stereocenters. The summed E-state index contributed by atoms with van der Waals surface area (Å²) in [5, 5.41) is 1.87. The van der Waals surface area contributed by atoms with Gasteiger partial charge in [-0.3, -0.25) is 0 Å². The summed E-state index contributed by atoms with van der Waals surface area (Å²) in [4.78, 5) is 4.81. The number of fused-ring (bicyclic) bond motifs is 1. The molecule has 1 heterocycles. The first-order valence-electron chi connectivity index (χ1n) is 6.41. The van der Waals surface area contributed by atoms with Crippen LogP contribution in [0.3, 0.4) is 0 Å². The first kappa shape index (κ1) is 13.1. The fourth-order valence-electron chi connectivity index (χ4n) is 2.27. The minimum atomic E-state index is 0.775. The quantitative estimate of drug-likeness (QED) is 0.644. The Morgan fingerprint density at radius 2 is 1.85 bits per heavy atom. The molecule has 3 heteroatoms. The van der Waals surface area contributed by atoms with Crippen LogP contribution in [-0.4, -0.2) is 12.1 Å². The number of hydrogen-bond donors (Lipinski definition) is 0. The fraction of sp³-hybridized carbons (Fsp3) is 0.118. The third-order valence-corrected chi connectivity index (χ3v) is 3.90. The van der Waals surface area contributed by atoms with Gasteiger partial charge in [0.15, 0.2) is 0 Å². The summed E-state index contributed by atoms with van der Waals surface area (Å²) in [5.74, 6) is 0.854. The fourth-order valence-corrected chi connectivity index (χ4v) is 2.70. The van der Waals surface area contributed by atoms with Crippen LogP contribution in [0.2, 0.25) is 0 Å². The Morgan fingerprint density at radius 3 is 2.55 bits per heavy atom. The molecule has 20 heavy (non-hydrogen) atoms. The Kier molecular flexibility index (Phi) is 3.70. The minimum absolute atomic E-state index is 0.775. The topological polar surface area (TPSA) is 22.1 Å². The number of benzene rings is 2. The Balaban J connectivity index is 2.22. The average Bonchev–Trinajstić information content (AvgIpc) is 2.53. The van der Waals surface area contributed by atoms with Crippen LogP contribution < -0.4 is 4.74 Å². The second kappa shape index (κ2) is 5.63. The van der Waals surface area contributed by atoms with Crippen LogP contribution in [0.25, 0.3) is 22.2 Å². The second-order valence-electron chi connectivity index (χ2n) is 4.55. The van der Waals surface area contributed by atoms with Crippen LogP contribution in [0.1, 0.15) is 5.56 Å². The Bertz CT molecular complexity index is 741.